The van der Waals surface area contributed by atoms with Gasteiger partial charge in [0.1, 0.15) is 0 Å². The highest BCUT2D eigenvalue weighted by atomic mass is 35.5. The zero-order valence-electron chi connectivity index (χ0n) is 10.5. The summed E-state index contributed by atoms with van der Waals surface area (Å²) < 4.78 is 1.57. The molecular formula is C13H14ClN3O2. The standard InChI is InChI=1S/C13H14ClN3O2/c1-17-8-12(15-16-17)7-10(13(18)19)6-9-2-4-11(14)5-3-9/h2-5,8,10H,6-7H2,1H3,(H,18,19). The number of benzene rings is 1. The highest BCUT2D eigenvalue weighted by Crippen LogP contribution is 2.16. The van der Waals surface area contributed by atoms with Crippen LogP contribution in [0.3, 0.4) is 0 Å². The van der Waals surface area contributed by atoms with Crippen LogP contribution in [-0.2, 0) is 24.7 Å². The molecule has 0 aliphatic heterocycles. The predicted octanol–water partition coefficient (Wildman–Crippen LogP) is 1.95. The molecule has 1 aromatic carbocycles. The first-order chi connectivity index (χ1) is 9.04. The molecule has 0 saturated heterocycles. The van der Waals surface area contributed by atoms with Gasteiger partial charge in [-0.05, 0) is 24.1 Å². The van der Waals surface area contributed by atoms with Gasteiger partial charge in [0, 0.05) is 24.7 Å². The van der Waals surface area contributed by atoms with E-state index in [2.05, 4.69) is 10.3 Å². The van der Waals surface area contributed by atoms with E-state index in [0.717, 1.165) is 5.56 Å². The topological polar surface area (TPSA) is 68.0 Å². The van der Waals surface area contributed by atoms with Gasteiger partial charge in [-0.15, -0.1) is 5.10 Å². The number of carboxylic acids is 1. The van der Waals surface area contributed by atoms with Gasteiger partial charge in [0.2, 0.25) is 0 Å². The molecule has 0 bridgehead atoms. The maximum Gasteiger partial charge on any atom is 0.307 e. The minimum absolute atomic E-state index is 0.367. The Morgan fingerprint density at radius 2 is 2.05 bits per heavy atom. The molecule has 0 saturated carbocycles. The lowest BCUT2D eigenvalue weighted by Crippen LogP contribution is -2.19. The molecular weight excluding hydrogens is 266 g/mol. The van der Waals surface area contributed by atoms with Crippen molar-refractivity contribution in [3.63, 3.8) is 0 Å². The first kappa shape index (κ1) is 13.5. The lowest BCUT2D eigenvalue weighted by Gasteiger charge is -2.10. The Morgan fingerprint density at radius 1 is 1.37 bits per heavy atom. The van der Waals surface area contributed by atoms with Gasteiger partial charge in [-0.25, -0.2) is 0 Å². The summed E-state index contributed by atoms with van der Waals surface area (Å²) in [5.41, 5.74) is 1.63. The average Bonchev–Trinajstić information content (AvgIpc) is 2.76. The van der Waals surface area contributed by atoms with E-state index in [9.17, 15) is 9.90 Å². The third-order valence-corrected chi connectivity index (χ3v) is 3.10. The summed E-state index contributed by atoms with van der Waals surface area (Å²) in [5, 5.41) is 17.6. The van der Waals surface area contributed by atoms with Crippen LogP contribution in [0.15, 0.2) is 30.5 Å². The van der Waals surface area contributed by atoms with Crippen LogP contribution in [0.25, 0.3) is 0 Å². The molecule has 0 spiro atoms. The van der Waals surface area contributed by atoms with E-state index in [4.69, 9.17) is 11.6 Å². The third kappa shape index (κ3) is 3.79. The van der Waals surface area contributed by atoms with Gasteiger partial charge in [-0.3, -0.25) is 9.48 Å². The number of rotatable bonds is 5. The van der Waals surface area contributed by atoms with Crippen LogP contribution in [0.2, 0.25) is 5.02 Å². The fraction of sp³-hybridized carbons (Fsp3) is 0.308. The van der Waals surface area contributed by atoms with E-state index in [0.29, 0.717) is 23.6 Å². The Balaban J connectivity index is 2.08. The second kappa shape index (κ2) is 5.84. The molecule has 0 amide bonds. The van der Waals surface area contributed by atoms with Gasteiger partial charge in [0.05, 0.1) is 11.6 Å². The number of aromatic nitrogens is 3. The minimum atomic E-state index is -0.833. The predicted molar refractivity (Wildman–Crippen MR) is 71.0 cm³/mol. The highest BCUT2D eigenvalue weighted by Gasteiger charge is 2.20. The monoisotopic (exact) mass is 279 g/mol. The molecule has 100 valence electrons. The molecule has 1 N–H and O–H groups in total. The molecule has 2 rings (SSSR count). The van der Waals surface area contributed by atoms with Crippen LogP contribution in [0, 0.1) is 5.92 Å². The second-order valence-corrected chi connectivity index (χ2v) is 4.89. The highest BCUT2D eigenvalue weighted by molar-refractivity contribution is 6.30. The van der Waals surface area contributed by atoms with Crippen LogP contribution >= 0.6 is 11.6 Å². The zero-order valence-corrected chi connectivity index (χ0v) is 11.2. The van der Waals surface area contributed by atoms with E-state index in [1.54, 1.807) is 30.1 Å². The van der Waals surface area contributed by atoms with E-state index < -0.39 is 11.9 Å². The number of hydrogen-bond donors (Lipinski definition) is 1. The number of nitrogens with zero attached hydrogens (tertiary/aromatic N) is 3. The lowest BCUT2D eigenvalue weighted by atomic mass is 9.95. The molecule has 19 heavy (non-hydrogen) atoms. The normalized spacial score (nSPS) is 12.3. The molecule has 0 radical (unpaired) electrons. The SMILES string of the molecule is Cn1cc(CC(Cc2ccc(Cl)cc2)C(=O)O)nn1. The van der Waals surface area contributed by atoms with Crippen LogP contribution in [0.5, 0.6) is 0 Å². The smallest absolute Gasteiger partial charge is 0.307 e. The summed E-state index contributed by atoms with van der Waals surface area (Å²) in [6.07, 6.45) is 2.55. The molecule has 5 nitrogen and oxygen atoms in total. The summed E-state index contributed by atoms with van der Waals surface area (Å²) in [6, 6.07) is 7.21. The Morgan fingerprint density at radius 3 is 2.58 bits per heavy atom. The zero-order chi connectivity index (χ0) is 13.8. The van der Waals surface area contributed by atoms with E-state index in [1.807, 2.05) is 12.1 Å². The number of carbonyl (C=O) groups is 1. The van der Waals surface area contributed by atoms with E-state index in [1.165, 1.54) is 0 Å². The molecule has 0 aliphatic carbocycles. The van der Waals surface area contributed by atoms with Crippen molar-refractivity contribution >= 4 is 17.6 Å². The van der Waals surface area contributed by atoms with Crippen molar-refractivity contribution in [3.8, 4) is 0 Å². The Labute approximate surface area is 115 Å². The lowest BCUT2D eigenvalue weighted by molar-refractivity contribution is -0.141. The summed E-state index contributed by atoms with van der Waals surface area (Å²) >= 11 is 5.81. The number of hydrogen-bond acceptors (Lipinski definition) is 3. The van der Waals surface area contributed by atoms with Gasteiger partial charge in [0.25, 0.3) is 0 Å². The van der Waals surface area contributed by atoms with Gasteiger partial charge < -0.3 is 5.11 Å². The number of aliphatic carboxylic acids is 1. The second-order valence-electron chi connectivity index (χ2n) is 4.45. The summed E-state index contributed by atoms with van der Waals surface area (Å²) in [7, 11) is 1.76. The Kier molecular flexibility index (Phi) is 4.16. The first-order valence-electron chi connectivity index (χ1n) is 5.87. The maximum atomic E-state index is 11.3. The van der Waals surface area contributed by atoms with E-state index >= 15 is 0 Å². The van der Waals surface area contributed by atoms with Crippen molar-refractivity contribution in [2.75, 3.05) is 0 Å². The fourth-order valence-electron chi connectivity index (χ4n) is 1.89. The number of aryl methyl sites for hydroxylation is 1. The van der Waals surface area contributed by atoms with Crippen molar-refractivity contribution < 1.29 is 9.90 Å². The van der Waals surface area contributed by atoms with E-state index in [-0.39, 0.29) is 0 Å². The van der Waals surface area contributed by atoms with Crippen LogP contribution < -0.4 is 0 Å². The van der Waals surface area contributed by atoms with Crippen LogP contribution in [-0.4, -0.2) is 26.1 Å². The number of halogens is 1. The quantitative estimate of drug-likeness (QED) is 0.908. The van der Waals surface area contributed by atoms with Crippen LogP contribution in [0.4, 0.5) is 0 Å². The Hall–Kier alpha value is -1.88. The molecule has 1 unspecified atom stereocenters. The summed E-state index contributed by atoms with van der Waals surface area (Å²) in [6.45, 7) is 0. The maximum absolute atomic E-state index is 11.3. The van der Waals surface area contributed by atoms with Crippen molar-refractivity contribution in [2.24, 2.45) is 13.0 Å². The third-order valence-electron chi connectivity index (χ3n) is 2.85. The molecule has 1 heterocycles. The molecule has 1 atom stereocenters. The Bertz CT molecular complexity index is 566. The largest absolute Gasteiger partial charge is 0.481 e. The van der Waals surface area contributed by atoms with Gasteiger partial charge >= 0.3 is 5.97 Å². The molecule has 2 aromatic rings. The molecule has 0 fully saturated rings. The summed E-state index contributed by atoms with van der Waals surface area (Å²) in [4.78, 5) is 11.3. The van der Waals surface area contributed by atoms with Crippen molar-refractivity contribution in [1.29, 1.82) is 0 Å². The number of carboxylic acid groups (broad SMARTS) is 1. The van der Waals surface area contributed by atoms with Gasteiger partial charge in [-0.2, -0.15) is 0 Å². The molecule has 0 aliphatic rings. The van der Waals surface area contributed by atoms with Gasteiger partial charge in [0.15, 0.2) is 0 Å². The first-order valence-corrected chi connectivity index (χ1v) is 6.25. The van der Waals surface area contributed by atoms with Crippen molar-refractivity contribution in [1.82, 2.24) is 15.0 Å². The van der Waals surface area contributed by atoms with Crippen LogP contribution in [0.1, 0.15) is 11.3 Å². The fourth-order valence-corrected chi connectivity index (χ4v) is 2.02. The molecule has 6 heteroatoms. The molecule has 1 aromatic heterocycles. The van der Waals surface area contributed by atoms with Crippen molar-refractivity contribution in [3.05, 3.63) is 46.7 Å². The minimum Gasteiger partial charge on any atom is -0.481 e. The summed E-state index contributed by atoms with van der Waals surface area (Å²) in [5.74, 6) is -1.35. The average molecular weight is 280 g/mol. The van der Waals surface area contributed by atoms with Crippen molar-refractivity contribution in [2.45, 2.75) is 12.8 Å². The van der Waals surface area contributed by atoms with Gasteiger partial charge in [-0.1, -0.05) is 28.9 Å².